The first-order chi connectivity index (χ1) is 27.2. The topological polar surface area (TPSA) is 70.6 Å². The summed E-state index contributed by atoms with van der Waals surface area (Å²) in [7, 11) is 0. The molecule has 0 saturated carbocycles. The second-order valence-corrected chi connectivity index (χ2v) is 13.9. The Morgan fingerprint density at radius 2 is 1.07 bits per heavy atom. The molecule has 3 aromatic heterocycles. The van der Waals surface area contributed by atoms with Crippen molar-refractivity contribution in [2.24, 2.45) is 0 Å². The van der Waals surface area contributed by atoms with Crippen LogP contribution in [0.5, 0.6) is 0 Å². The van der Waals surface area contributed by atoms with Crippen molar-refractivity contribution in [2.45, 2.75) is 0 Å². The standard InChI is InChI=1S/C50H28N4O/c51-29-31-17-19-32(20-18-31)33-21-22-34(30-52)42(27-33)38-24-23-35(28-47(38)54-43-13-5-1-9-36(43)37-10-2-6-14-44(37)54)53-45-15-7-3-12-41(45)49-46(53)26-25-40-39-11-4-8-16-48(39)55-50(40)49/h1-28H. The third kappa shape index (κ3) is 4.51. The monoisotopic (exact) mass is 700 g/mol. The summed E-state index contributed by atoms with van der Waals surface area (Å²) < 4.78 is 11.3. The number of benzene rings is 8. The van der Waals surface area contributed by atoms with Crippen LogP contribution in [0.15, 0.2) is 174 Å². The van der Waals surface area contributed by atoms with Crippen molar-refractivity contribution in [3.63, 3.8) is 0 Å². The zero-order valence-electron chi connectivity index (χ0n) is 29.4. The molecule has 3 heterocycles. The predicted molar refractivity (Wildman–Crippen MR) is 223 cm³/mol. The van der Waals surface area contributed by atoms with Crippen LogP contribution >= 0.6 is 0 Å². The average molecular weight is 701 g/mol. The van der Waals surface area contributed by atoms with Crippen molar-refractivity contribution < 1.29 is 4.42 Å². The summed E-state index contributed by atoms with van der Waals surface area (Å²) in [4.78, 5) is 0. The molecule has 0 aliphatic rings. The van der Waals surface area contributed by atoms with E-state index in [-0.39, 0.29) is 0 Å². The number of fused-ring (bicyclic) bond motifs is 10. The quantitative estimate of drug-likeness (QED) is 0.183. The smallest absolute Gasteiger partial charge is 0.145 e. The molecule has 11 rings (SSSR count). The van der Waals surface area contributed by atoms with Gasteiger partial charge in [0.1, 0.15) is 11.2 Å². The molecule has 0 fully saturated rings. The van der Waals surface area contributed by atoms with Gasteiger partial charge in [0, 0.05) is 43.7 Å². The second kappa shape index (κ2) is 11.8. The van der Waals surface area contributed by atoms with E-state index in [0.717, 1.165) is 99.2 Å². The molecule has 0 bridgehead atoms. The van der Waals surface area contributed by atoms with Crippen molar-refractivity contribution in [1.82, 2.24) is 9.13 Å². The van der Waals surface area contributed by atoms with Crippen LogP contribution in [0.25, 0.3) is 99.2 Å². The van der Waals surface area contributed by atoms with E-state index in [1.165, 1.54) is 0 Å². The fourth-order valence-corrected chi connectivity index (χ4v) is 8.55. The molecule has 0 atom stereocenters. The number of hydrogen-bond donors (Lipinski definition) is 0. The fourth-order valence-electron chi connectivity index (χ4n) is 8.55. The minimum Gasteiger partial charge on any atom is -0.455 e. The summed E-state index contributed by atoms with van der Waals surface area (Å²) in [5.74, 6) is 0. The second-order valence-electron chi connectivity index (χ2n) is 13.9. The fraction of sp³-hybridized carbons (Fsp3) is 0. The van der Waals surface area contributed by atoms with E-state index in [2.05, 4.69) is 143 Å². The van der Waals surface area contributed by atoms with E-state index in [4.69, 9.17) is 4.42 Å². The zero-order chi connectivity index (χ0) is 36.6. The maximum Gasteiger partial charge on any atom is 0.145 e. The molecule has 5 heteroatoms. The largest absolute Gasteiger partial charge is 0.455 e. The Bertz CT molecular complexity index is 3400. The summed E-state index contributed by atoms with van der Waals surface area (Å²) in [6.07, 6.45) is 0. The van der Waals surface area contributed by atoms with Gasteiger partial charge < -0.3 is 13.6 Å². The van der Waals surface area contributed by atoms with Gasteiger partial charge in [0.05, 0.1) is 56.4 Å². The van der Waals surface area contributed by atoms with Crippen molar-refractivity contribution in [3.8, 4) is 45.8 Å². The van der Waals surface area contributed by atoms with Crippen LogP contribution in [0.3, 0.4) is 0 Å². The van der Waals surface area contributed by atoms with E-state index in [1.54, 1.807) is 0 Å². The van der Waals surface area contributed by atoms with E-state index in [0.29, 0.717) is 11.1 Å². The molecule has 11 aromatic rings. The van der Waals surface area contributed by atoms with Crippen LogP contribution in [0, 0.1) is 22.7 Å². The van der Waals surface area contributed by atoms with Gasteiger partial charge in [0.25, 0.3) is 0 Å². The lowest BCUT2D eigenvalue weighted by atomic mass is 9.93. The van der Waals surface area contributed by atoms with E-state index in [1.807, 2.05) is 48.5 Å². The summed E-state index contributed by atoms with van der Waals surface area (Å²) in [6, 6.07) is 63.0. The molecule has 8 aromatic carbocycles. The Hall–Kier alpha value is -7.86. The Morgan fingerprint density at radius 3 is 1.78 bits per heavy atom. The number of aromatic nitrogens is 2. The molecule has 0 saturated heterocycles. The maximum absolute atomic E-state index is 10.5. The summed E-state index contributed by atoms with van der Waals surface area (Å²) in [5, 5.41) is 26.7. The number of hydrogen-bond acceptors (Lipinski definition) is 3. The lowest BCUT2D eigenvalue weighted by molar-refractivity contribution is 0.673. The number of nitrogens with zero attached hydrogens (tertiary/aromatic N) is 4. The van der Waals surface area contributed by atoms with E-state index in [9.17, 15) is 10.5 Å². The summed E-state index contributed by atoms with van der Waals surface area (Å²) >= 11 is 0. The molecule has 5 nitrogen and oxygen atoms in total. The maximum atomic E-state index is 10.5. The van der Waals surface area contributed by atoms with Gasteiger partial charge in [-0.15, -0.1) is 0 Å². The van der Waals surface area contributed by atoms with Gasteiger partial charge in [0.15, 0.2) is 0 Å². The number of rotatable bonds is 4. The van der Waals surface area contributed by atoms with Gasteiger partial charge in [-0.3, -0.25) is 0 Å². The number of nitriles is 2. The highest BCUT2D eigenvalue weighted by molar-refractivity contribution is 6.24. The molecule has 0 N–H and O–H groups in total. The van der Waals surface area contributed by atoms with Crippen molar-refractivity contribution >= 4 is 65.6 Å². The molecule has 0 spiro atoms. The Morgan fingerprint density at radius 1 is 0.436 bits per heavy atom. The summed E-state index contributed by atoms with van der Waals surface area (Å²) in [6.45, 7) is 0. The first-order valence-corrected chi connectivity index (χ1v) is 18.2. The lowest BCUT2D eigenvalue weighted by Crippen LogP contribution is -2.02. The highest BCUT2D eigenvalue weighted by Gasteiger charge is 2.22. The third-order valence-corrected chi connectivity index (χ3v) is 11.0. The van der Waals surface area contributed by atoms with Crippen LogP contribution in [0.4, 0.5) is 0 Å². The van der Waals surface area contributed by atoms with Crippen molar-refractivity contribution in [2.75, 3.05) is 0 Å². The first kappa shape index (κ1) is 30.7. The predicted octanol–water partition coefficient (Wildman–Crippen LogP) is 12.9. The highest BCUT2D eigenvalue weighted by Crippen LogP contribution is 2.43. The molecule has 0 amide bonds. The van der Waals surface area contributed by atoms with Crippen molar-refractivity contribution in [1.29, 1.82) is 10.5 Å². The van der Waals surface area contributed by atoms with Gasteiger partial charge >= 0.3 is 0 Å². The number of para-hydroxylation sites is 4. The first-order valence-electron chi connectivity index (χ1n) is 18.2. The minimum absolute atomic E-state index is 0.580. The Kier molecular flexibility index (Phi) is 6.61. The molecular weight excluding hydrogens is 673 g/mol. The zero-order valence-corrected chi connectivity index (χ0v) is 29.4. The highest BCUT2D eigenvalue weighted by atomic mass is 16.3. The van der Waals surface area contributed by atoms with Crippen LogP contribution in [-0.2, 0) is 0 Å². The van der Waals surface area contributed by atoms with Crippen LogP contribution in [-0.4, -0.2) is 9.13 Å². The van der Waals surface area contributed by atoms with E-state index >= 15 is 0 Å². The van der Waals surface area contributed by atoms with Gasteiger partial charge in [-0.05, 0) is 83.9 Å². The molecule has 0 unspecified atom stereocenters. The Labute approximate surface area is 315 Å². The average Bonchev–Trinajstić information content (AvgIpc) is 3.91. The van der Waals surface area contributed by atoms with Gasteiger partial charge in [-0.2, -0.15) is 10.5 Å². The number of furan rings is 1. The van der Waals surface area contributed by atoms with Crippen molar-refractivity contribution in [3.05, 3.63) is 181 Å². The minimum atomic E-state index is 0.580. The third-order valence-electron chi connectivity index (χ3n) is 11.0. The molecule has 0 radical (unpaired) electrons. The molecule has 55 heavy (non-hydrogen) atoms. The molecule has 0 aliphatic heterocycles. The van der Waals surface area contributed by atoms with Crippen LogP contribution in [0.1, 0.15) is 11.1 Å². The summed E-state index contributed by atoms with van der Waals surface area (Å²) in [5.41, 5.74) is 12.9. The molecular formula is C50H28N4O. The van der Waals surface area contributed by atoms with Crippen LogP contribution < -0.4 is 0 Å². The lowest BCUT2D eigenvalue weighted by Gasteiger charge is -2.19. The molecule has 254 valence electrons. The molecule has 0 aliphatic carbocycles. The van der Waals surface area contributed by atoms with E-state index < -0.39 is 0 Å². The normalized spacial score (nSPS) is 11.6. The van der Waals surface area contributed by atoms with Gasteiger partial charge in [-0.1, -0.05) is 97.1 Å². The van der Waals surface area contributed by atoms with Crippen LogP contribution in [0.2, 0.25) is 0 Å². The van der Waals surface area contributed by atoms with Gasteiger partial charge in [0.2, 0.25) is 0 Å². The van der Waals surface area contributed by atoms with Gasteiger partial charge in [-0.25, -0.2) is 0 Å². The Balaban J connectivity index is 1.23. The SMILES string of the molecule is N#Cc1ccc(-c2ccc(C#N)c(-c3ccc(-n4c5ccccc5c5c6oc7ccccc7c6ccc54)cc3-n3c4ccccc4c4ccccc43)c2)cc1.